The molecular weight excluding hydrogens is 248 g/mol. The fraction of sp³-hybridized carbons (Fsp3) is 0.647. The van der Waals surface area contributed by atoms with E-state index >= 15 is 0 Å². The van der Waals surface area contributed by atoms with E-state index in [1.165, 1.54) is 18.4 Å². The fourth-order valence-corrected chi connectivity index (χ4v) is 2.68. The molecule has 0 heterocycles. The summed E-state index contributed by atoms with van der Waals surface area (Å²) in [7, 11) is 1.73. The first-order chi connectivity index (χ1) is 9.78. The van der Waals surface area contributed by atoms with E-state index in [1.54, 1.807) is 7.11 Å². The molecule has 0 spiro atoms. The Hall–Kier alpha value is -1.06. The Kier molecular flexibility index (Phi) is 5.86. The molecule has 0 radical (unpaired) electrons. The molecule has 0 amide bonds. The van der Waals surface area contributed by atoms with Crippen LogP contribution >= 0.6 is 0 Å². The largest absolute Gasteiger partial charge is 0.497 e. The first kappa shape index (κ1) is 15.3. The van der Waals surface area contributed by atoms with Gasteiger partial charge in [-0.15, -0.1) is 0 Å². The standard InChI is InChI=1S/C17H28N2O/c1-4-11-18-17(13-19(5-2)15-9-10-15)14-7-6-8-16(12-14)20-3/h6-8,12,15,17-18H,4-5,9-11,13H2,1-3H3. The van der Waals surface area contributed by atoms with Gasteiger partial charge in [0, 0.05) is 18.6 Å². The van der Waals surface area contributed by atoms with Crippen molar-refractivity contribution in [3.8, 4) is 5.75 Å². The van der Waals surface area contributed by atoms with Gasteiger partial charge in [-0.05, 0) is 50.0 Å². The molecule has 1 atom stereocenters. The summed E-state index contributed by atoms with van der Waals surface area (Å²) in [5, 5.41) is 3.69. The maximum absolute atomic E-state index is 5.36. The maximum atomic E-state index is 5.36. The lowest BCUT2D eigenvalue weighted by atomic mass is 10.1. The van der Waals surface area contributed by atoms with E-state index in [0.29, 0.717) is 6.04 Å². The molecule has 1 aliphatic carbocycles. The third-order valence-electron chi connectivity index (χ3n) is 4.02. The predicted molar refractivity (Wildman–Crippen MR) is 84.3 cm³/mol. The van der Waals surface area contributed by atoms with E-state index in [4.69, 9.17) is 4.74 Å². The zero-order chi connectivity index (χ0) is 14.4. The smallest absolute Gasteiger partial charge is 0.119 e. The van der Waals surface area contributed by atoms with Crippen molar-refractivity contribution in [3.63, 3.8) is 0 Å². The van der Waals surface area contributed by atoms with Crippen LogP contribution < -0.4 is 10.1 Å². The average molecular weight is 276 g/mol. The Bertz CT molecular complexity index is 404. The highest BCUT2D eigenvalue weighted by atomic mass is 16.5. The summed E-state index contributed by atoms with van der Waals surface area (Å²) in [4.78, 5) is 2.60. The van der Waals surface area contributed by atoms with Gasteiger partial charge in [-0.2, -0.15) is 0 Å². The summed E-state index contributed by atoms with van der Waals surface area (Å²) in [6, 6.07) is 9.67. The van der Waals surface area contributed by atoms with Crippen molar-refractivity contribution >= 4 is 0 Å². The lowest BCUT2D eigenvalue weighted by Gasteiger charge is -2.27. The Balaban J connectivity index is 2.08. The molecule has 3 nitrogen and oxygen atoms in total. The number of hydrogen-bond donors (Lipinski definition) is 1. The van der Waals surface area contributed by atoms with Gasteiger partial charge in [-0.1, -0.05) is 26.0 Å². The van der Waals surface area contributed by atoms with Crippen molar-refractivity contribution in [1.82, 2.24) is 10.2 Å². The number of likely N-dealkylation sites (N-methyl/N-ethyl adjacent to an activating group) is 1. The van der Waals surface area contributed by atoms with Crippen LogP contribution in [0.4, 0.5) is 0 Å². The molecule has 2 rings (SSSR count). The third kappa shape index (κ3) is 4.22. The number of ether oxygens (including phenoxy) is 1. The van der Waals surface area contributed by atoms with Crippen molar-refractivity contribution in [2.24, 2.45) is 0 Å². The number of nitrogens with zero attached hydrogens (tertiary/aromatic N) is 1. The molecule has 1 aromatic rings. The lowest BCUT2D eigenvalue weighted by molar-refractivity contribution is 0.244. The van der Waals surface area contributed by atoms with E-state index in [0.717, 1.165) is 37.8 Å². The second kappa shape index (κ2) is 7.65. The minimum Gasteiger partial charge on any atom is -0.497 e. The number of nitrogens with one attached hydrogen (secondary N) is 1. The monoisotopic (exact) mass is 276 g/mol. The Labute approximate surface area is 123 Å². The minimum absolute atomic E-state index is 0.394. The molecular formula is C17H28N2O. The normalized spacial score (nSPS) is 16.4. The van der Waals surface area contributed by atoms with Crippen LogP contribution in [-0.4, -0.2) is 37.7 Å². The van der Waals surface area contributed by atoms with Crippen molar-refractivity contribution in [3.05, 3.63) is 29.8 Å². The zero-order valence-electron chi connectivity index (χ0n) is 13.1. The molecule has 3 heteroatoms. The highest BCUT2D eigenvalue weighted by Gasteiger charge is 2.29. The van der Waals surface area contributed by atoms with Crippen LogP contribution in [-0.2, 0) is 0 Å². The minimum atomic E-state index is 0.394. The molecule has 0 aliphatic heterocycles. The molecule has 0 saturated heterocycles. The van der Waals surface area contributed by atoms with Gasteiger partial charge in [-0.25, -0.2) is 0 Å². The topological polar surface area (TPSA) is 24.5 Å². The van der Waals surface area contributed by atoms with Crippen LogP contribution in [0.15, 0.2) is 24.3 Å². The van der Waals surface area contributed by atoms with E-state index in [1.807, 2.05) is 6.07 Å². The molecule has 1 saturated carbocycles. The van der Waals surface area contributed by atoms with Gasteiger partial charge in [0.05, 0.1) is 7.11 Å². The van der Waals surface area contributed by atoms with E-state index in [2.05, 4.69) is 42.3 Å². The Morgan fingerprint density at radius 2 is 2.15 bits per heavy atom. The lowest BCUT2D eigenvalue weighted by Crippen LogP contribution is -2.36. The second-order valence-corrected chi connectivity index (χ2v) is 5.60. The molecule has 0 bridgehead atoms. The molecule has 1 N–H and O–H groups in total. The van der Waals surface area contributed by atoms with Crippen molar-refractivity contribution in [1.29, 1.82) is 0 Å². The van der Waals surface area contributed by atoms with Gasteiger partial charge >= 0.3 is 0 Å². The first-order valence-corrected chi connectivity index (χ1v) is 7.89. The molecule has 1 aliphatic rings. The summed E-state index contributed by atoms with van der Waals surface area (Å²) in [6.45, 7) is 7.77. The third-order valence-corrected chi connectivity index (χ3v) is 4.02. The molecule has 1 unspecified atom stereocenters. The quantitative estimate of drug-likeness (QED) is 0.749. The van der Waals surface area contributed by atoms with Crippen LogP contribution in [0.5, 0.6) is 5.75 Å². The number of rotatable bonds is 9. The number of hydrogen-bond acceptors (Lipinski definition) is 3. The summed E-state index contributed by atoms with van der Waals surface area (Å²) >= 11 is 0. The van der Waals surface area contributed by atoms with Crippen molar-refractivity contribution in [2.45, 2.75) is 45.2 Å². The van der Waals surface area contributed by atoms with Gasteiger partial charge in [0.2, 0.25) is 0 Å². The van der Waals surface area contributed by atoms with E-state index in [9.17, 15) is 0 Å². The molecule has 112 valence electrons. The highest BCUT2D eigenvalue weighted by Crippen LogP contribution is 2.29. The molecule has 1 aromatic carbocycles. The molecule has 20 heavy (non-hydrogen) atoms. The summed E-state index contributed by atoms with van der Waals surface area (Å²) in [5.74, 6) is 0.945. The van der Waals surface area contributed by atoms with E-state index < -0.39 is 0 Å². The van der Waals surface area contributed by atoms with Crippen LogP contribution in [0.1, 0.15) is 44.7 Å². The Morgan fingerprint density at radius 3 is 2.75 bits per heavy atom. The average Bonchev–Trinajstić information content (AvgIpc) is 3.32. The second-order valence-electron chi connectivity index (χ2n) is 5.60. The van der Waals surface area contributed by atoms with Crippen LogP contribution in [0, 0.1) is 0 Å². The van der Waals surface area contributed by atoms with Crippen molar-refractivity contribution < 1.29 is 4.74 Å². The SMILES string of the molecule is CCCNC(CN(CC)C1CC1)c1cccc(OC)c1. The highest BCUT2D eigenvalue weighted by molar-refractivity contribution is 5.30. The summed E-state index contributed by atoms with van der Waals surface area (Å²) in [6.07, 6.45) is 3.90. The zero-order valence-corrected chi connectivity index (χ0v) is 13.1. The summed E-state index contributed by atoms with van der Waals surface area (Å²) in [5.41, 5.74) is 1.33. The van der Waals surface area contributed by atoms with Crippen LogP contribution in [0.3, 0.4) is 0 Å². The van der Waals surface area contributed by atoms with Gasteiger partial charge < -0.3 is 10.1 Å². The number of methoxy groups -OCH3 is 1. The predicted octanol–water partition coefficient (Wildman–Crippen LogP) is 3.22. The van der Waals surface area contributed by atoms with Gasteiger partial charge in [-0.3, -0.25) is 4.90 Å². The maximum Gasteiger partial charge on any atom is 0.119 e. The fourth-order valence-electron chi connectivity index (χ4n) is 2.68. The first-order valence-electron chi connectivity index (χ1n) is 7.89. The summed E-state index contributed by atoms with van der Waals surface area (Å²) < 4.78 is 5.36. The van der Waals surface area contributed by atoms with Crippen LogP contribution in [0.25, 0.3) is 0 Å². The number of benzene rings is 1. The van der Waals surface area contributed by atoms with E-state index in [-0.39, 0.29) is 0 Å². The molecule has 1 fully saturated rings. The van der Waals surface area contributed by atoms with Crippen LogP contribution in [0.2, 0.25) is 0 Å². The van der Waals surface area contributed by atoms with Gasteiger partial charge in [0.15, 0.2) is 0 Å². The van der Waals surface area contributed by atoms with Gasteiger partial charge in [0.25, 0.3) is 0 Å². The van der Waals surface area contributed by atoms with Gasteiger partial charge in [0.1, 0.15) is 5.75 Å². The Morgan fingerprint density at radius 1 is 1.35 bits per heavy atom. The van der Waals surface area contributed by atoms with Crippen molar-refractivity contribution in [2.75, 3.05) is 26.7 Å². The molecule has 0 aromatic heterocycles.